The third kappa shape index (κ3) is 4.36. The summed E-state index contributed by atoms with van der Waals surface area (Å²) in [6.45, 7) is 11.8. The maximum Gasteiger partial charge on any atom is 0.124 e. The van der Waals surface area contributed by atoms with Crippen LogP contribution in [0.2, 0.25) is 0 Å². The van der Waals surface area contributed by atoms with Gasteiger partial charge in [-0.3, -0.25) is 0 Å². The summed E-state index contributed by atoms with van der Waals surface area (Å²) < 4.78 is 11.5. The molecule has 0 aliphatic rings. The Morgan fingerprint density at radius 1 is 1.14 bits per heavy atom. The number of benzene rings is 1. The zero-order chi connectivity index (χ0) is 15.5. The van der Waals surface area contributed by atoms with Crippen LogP contribution in [0.25, 0.3) is 0 Å². The summed E-state index contributed by atoms with van der Waals surface area (Å²) in [5.41, 5.74) is 3.59. The normalized spacial score (nSPS) is 11.7. The molecule has 1 aromatic heterocycles. The molecule has 0 saturated carbocycles. The van der Waals surface area contributed by atoms with Gasteiger partial charge in [-0.2, -0.15) is 0 Å². The van der Waals surface area contributed by atoms with Gasteiger partial charge in [0.15, 0.2) is 0 Å². The van der Waals surface area contributed by atoms with E-state index in [-0.39, 0.29) is 5.54 Å². The number of aryl methyl sites for hydroxylation is 1. The number of rotatable bonds is 5. The number of ether oxygens (including phenoxy) is 1. The van der Waals surface area contributed by atoms with Crippen molar-refractivity contribution in [1.29, 1.82) is 0 Å². The van der Waals surface area contributed by atoms with E-state index < -0.39 is 0 Å². The Hall–Kier alpha value is -1.74. The van der Waals surface area contributed by atoms with Gasteiger partial charge in [0.05, 0.1) is 12.8 Å². The second-order valence-electron chi connectivity index (χ2n) is 6.46. The quantitative estimate of drug-likeness (QED) is 0.887. The summed E-state index contributed by atoms with van der Waals surface area (Å²) >= 11 is 0. The fourth-order valence-corrected chi connectivity index (χ4v) is 2.03. The first-order valence-electron chi connectivity index (χ1n) is 7.36. The molecule has 0 amide bonds. The van der Waals surface area contributed by atoms with E-state index in [0.717, 1.165) is 17.1 Å². The third-order valence-electron chi connectivity index (χ3n) is 3.56. The van der Waals surface area contributed by atoms with Crippen molar-refractivity contribution in [2.75, 3.05) is 0 Å². The van der Waals surface area contributed by atoms with Crippen molar-refractivity contribution >= 4 is 0 Å². The first-order valence-corrected chi connectivity index (χ1v) is 7.36. The molecule has 2 aromatic rings. The molecule has 0 saturated heterocycles. The summed E-state index contributed by atoms with van der Waals surface area (Å²) in [6, 6.07) is 8.11. The average molecular weight is 287 g/mol. The molecule has 0 aliphatic carbocycles. The van der Waals surface area contributed by atoms with Gasteiger partial charge in [0.1, 0.15) is 18.1 Å². The van der Waals surface area contributed by atoms with Crippen LogP contribution < -0.4 is 10.1 Å². The Labute approximate surface area is 127 Å². The van der Waals surface area contributed by atoms with Gasteiger partial charge in [-0.05, 0) is 57.9 Å². The summed E-state index contributed by atoms with van der Waals surface area (Å²) in [4.78, 5) is 0. The first-order chi connectivity index (χ1) is 9.87. The van der Waals surface area contributed by atoms with Gasteiger partial charge in [-0.15, -0.1) is 0 Å². The molecule has 1 N–H and O–H groups in total. The highest BCUT2D eigenvalue weighted by molar-refractivity contribution is 5.38. The Morgan fingerprint density at radius 3 is 2.62 bits per heavy atom. The van der Waals surface area contributed by atoms with Crippen molar-refractivity contribution < 1.29 is 9.15 Å². The van der Waals surface area contributed by atoms with Gasteiger partial charge in [-0.1, -0.05) is 12.1 Å². The Kier molecular flexibility index (Phi) is 4.73. The first kappa shape index (κ1) is 15.6. The molecule has 0 bridgehead atoms. The summed E-state index contributed by atoms with van der Waals surface area (Å²) in [5, 5.41) is 3.43. The van der Waals surface area contributed by atoms with Crippen LogP contribution in [0.1, 0.15) is 43.2 Å². The van der Waals surface area contributed by atoms with Crippen LogP contribution in [0, 0.1) is 13.8 Å². The molecule has 3 nitrogen and oxygen atoms in total. The summed E-state index contributed by atoms with van der Waals surface area (Å²) in [7, 11) is 0. The van der Waals surface area contributed by atoms with Gasteiger partial charge in [-0.25, -0.2) is 0 Å². The lowest BCUT2D eigenvalue weighted by Gasteiger charge is -2.20. The van der Waals surface area contributed by atoms with Crippen LogP contribution in [0.3, 0.4) is 0 Å². The lowest BCUT2D eigenvalue weighted by atomic mass is 10.1. The van der Waals surface area contributed by atoms with E-state index in [1.165, 1.54) is 11.1 Å². The van der Waals surface area contributed by atoms with E-state index in [0.29, 0.717) is 13.2 Å². The van der Waals surface area contributed by atoms with Crippen molar-refractivity contribution in [3.8, 4) is 5.75 Å². The van der Waals surface area contributed by atoms with E-state index in [1.807, 2.05) is 18.2 Å². The minimum absolute atomic E-state index is 0.0675. The molecule has 0 spiro atoms. The zero-order valence-corrected chi connectivity index (χ0v) is 13.6. The fourth-order valence-electron chi connectivity index (χ4n) is 2.03. The van der Waals surface area contributed by atoms with E-state index in [2.05, 4.69) is 46.0 Å². The fraction of sp³-hybridized carbons (Fsp3) is 0.444. The van der Waals surface area contributed by atoms with Crippen molar-refractivity contribution in [2.45, 2.75) is 53.3 Å². The van der Waals surface area contributed by atoms with E-state index in [4.69, 9.17) is 9.15 Å². The predicted octanol–water partition coefficient (Wildman–Crippen LogP) is 4.36. The highest BCUT2D eigenvalue weighted by Gasteiger charge is 2.13. The number of hydrogen-bond acceptors (Lipinski definition) is 3. The molecule has 1 aromatic carbocycles. The Bertz CT molecular complexity index is 594. The molecule has 0 unspecified atom stereocenters. The molecule has 0 atom stereocenters. The van der Waals surface area contributed by atoms with E-state index in [9.17, 15) is 0 Å². The highest BCUT2D eigenvalue weighted by atomic mass is 16.5. The second kappa shape index (κ2) is 6.35. The van der Waals surface area contributed by atoms with E-state index in [1.54, 1.807) is 6.26 Å². The Morgan fingerprint density at radius 2 is 1.90 bits per heavy atom. The molecule has 21 heavy (non-hydrogen) atoms. The van der Waals surface area contributed by atoms with Crippen LogP contribution in [-0.2, 0) is 13.2 Å². The van der Waals surface area contributed by atoms with Crippen LogP contribution in [0.4, 0.5) is 0 Å². The molecule has 2 rings (SSSR count). The maximum absolute atomic E-state index is 5.95. The molecule has 3 heteroatoms. The second-order valence-corrected chi connectivity index (χ2v) is 6.46. The molecule has 114 valence electrons. The SMILES string of the molecule is Cc1cccc(OCc2ccoc2CNC(C)(C)C)c1C. The van der Waals surface area contributed by atoms with Crippen LogP contribution >= 0.6 is 0 Å². The molecule has 0 aliphatic heterocycles. The number of hydrogen-bond donors (Lipinski definition) is 1. The molecular formula is C18H25NO2. The molecular weight excluding hydrogens is 262 g/mol. The maximum atomic E-state index is 5.95. The minimum atomic E-state index is 0.0675. The summed E-state index contributed by atoms with van der Waals surface area (Å²) in [5.74, 6) is 1.88. The van der Waals surface area contributed by atoms with Crippen LogP contribution in [0.15, 0.2) is 34.9 Å². The van der Waals surface area contributed by atoms with Gasteiger partial charge in [0, 0.05) is 11.1 Å². The lowest BCUT2D eigenvalue weighted by molar-refractivity contribution is 0.297. The molecule has 0 fully saturated rings. The zero-order valence-electron chi connectivity index (χ0n) is 13.6. The highest BCUT2D eigenvalue weighted by Crippen LogP contribution is 2.22. The lowest BCUT2D eigenvalue weighted by Crippen LogP contribution is -2.35. The summed E-state index contributed by atoms with van der Waals surface area (Å²) in [6.07, 6.45) is 1.72. The van der Waals surface area contributed by atoms with E-state index >= 15 is 0 Å². The smallest absolute Gasteiger partial charge is 0.124 e. The largest absolute Gasteiger partial charge is 0.488 e. The predicted molar refractivity (Wildman–Crippen MR) is 85.5 cm³/mol. The van der Waals surface area contributed by atoms with Gasteiger partial charge >= 0.3 is 0 Å². The van der Waals surface area contributed by atoms with Crippen molar-refractivity contribution in [2.24, 2.45) is 0 Å². The van der Waals surface area contributed by atoms with Crippen molar-refractivity contribution in [1.82, 2.24) is 5.32 Å². The standard InChI is InChI=1S/C18H25NO2/c1-13-7-6-8-16(14(13)2)21-12-15-9-10-20-17(15)11-19-18(3,4)5/h6-10,19H,11-12H2,1-5H3. The monoisotopic (exact) mass is 287 g/mol. The number of furan rings is 1. The topological polar surface area (TPSA) is 34.4 Å². The van der Waals surface area contributed by atoms with Gasteiger partial charge in [0.2, 0.25) is 0 Å². The van der Waals surface area contributed by atoms with Crippen LogP contribution in [-0.4, -0.2) is 5.54 Å². The molecule has 0 radical (unpaired) electrons. The van der Waals surface area contributed by atoms with Gasteiger partial charge in [0.25, 0.3) is 0 Å². The minimum Gasteiger partial charge on any atom is -0.488 e. The van der Waals surface area contributed by atoms with Gasteiger partial charge < -0.3 is 14.5 Å². The third-order valence-corrected chi connectivity index (χ3v) is 3.56. The number of nitrogens with one attached hydrogen (secondary N) is 1. The Balaban J connectivity index is 2.01. The van der Waals surface area contributed by atoms with Crippen molar-refractivity contribution in [3.05, 3.63) is 53.0 Å². The van der Waals surface area contributed by atoms with Crippen molar-refractivity contribution in [3.63, 3.8) is 0 Å². The molecule has 1 heterocycles. The average Bonchev–Trinajstić information content (AvgIpc) is 2.85. The van der Waals surface area contributed by atoms with Crippen LogP contribution in [0.5, 0.6) is 5.75 Å².